The van der Waals surface area contributed by atoms with Gasteiger partial charge in [0.25, 0.3) is 0 Å². The summed E-state index contributed by atoms with van der Waals surface area (Å²) in [6.07, 6.45) is 1.22. The van der Waals surface area contributed by atoms with Crippen LogP contribution in [0.15, 0.2) is 42.5 Å². The van der Waals surface area contributed by atoms with E-state index in [2.05, 4.69) is 12.2 Å². The number of nitrogens with one attached hydrogen (secondary N) is 1. The molecule has 0 aliphatic carbocycles. The van der Waals surface area contributed by atoms with Crippen molar-refractivity contribution in [2.24, 2.45) is 0 Å². The van der Waals surface area contributed by atoms with E-state index >= 15 is 0 Å². The third kappa shape index (κ3) is 4.83. The molecule has 2 aromatic carbocycles. The summed E-state index contributed by atoms with van der Waals surface area (Å²) in [7, 11) is 1.53. The van der Waals surface area contributed by atoms with Gasteiger partial charge in [0.15, 0.2) is 5.78 Å². The van der Waals surface area contributed by atoms with Gasteiger partial charge in [-0.05, 0) is 30.2 Å². The Morgan fingerprint density at radius 2 is 1.79 bits per heavy atom. The molecular weight excluding hydrogens is 326 g/mol. The number of halogens is 1. The molecular formula is C19H20ClNO3. The summed E-state index contributed by atoms with van der Waals surface area (Å²) in [4.78, 5) is 24.1. The van der Waals surface area contributed by atoms with Crippen molar-refractivity contribution >= 4 is 29.0 Å². The molecule has 4 nitrogen and oxygen atoms in total. The van der Waals surface area contributed by atoms with E-state index in [4.69, 9.17) is 16.3 Å². The monoisotopic (exact) mass is 345 g/mol. The number of anilines is 1. The van der Waals surface area contributed by atoms with Crippen LogP contribution in [0.2, 0.25) is 5.02 Å². The van der Waals surface area contributed by atoms with E-state index in [1.807, 2.05) is 24.3 Å². The minimum absolute atomic E-state index is 0.0411. The fourth-order valence-electron chi connectivity index (χ4n) is 2.27. The van der Waals surface area contributed by atoms with Crippen LogP contribution in [-0.2, 0) is 11.2 Å². The molecule has 5 heteroatoms. The highest BCUT2D eigenvalue weighted by Crippen LogP contribution is 2.27. The molecule has 1 amide bonds. The largest absolute Gasteiger partial charge is 0.495 e. The van der Waals surface area contributed by atoms with Crippen LogP contribution >= 0.6 is 11.6 Å². The lowest BCUT2D eigenvalue weighted by atomic mass is 10.0. The normalized spacial score (nSPS) is 10.3. The predicted molar refractivity (Wildman–Crippen MR) is 96.0 cm³/mol. The number of ether oxygens (including phenoxy) is 1. The number of hydrogen-bond acceptors (Lipinski definition) is 3. The van der Waals surface area contributed by atoms with Crippen molar-refractivity contribution in [1.82, 2.24) is 0 Å². The minimum atomic E-state index is -0.227. The topological polar surface area (TPSA) is 55.4 Å². The van der Waals surface area contributed by atoms with Gasteiger partial charge < -0.3 is 10.1 Å². The van der Waals surface area contributed by atoms with Crippen LogP contribution in [-0.4, -0.2) is 18.8 Å². The third-order valence-corrected chi connectivity index (χ3v) is 3.99. The second-order valence-corrected chi connectivity index (χ2v) is 5.78. The zero-order chi connectivity index (χ0) is 17.5. The maximum atomic E-state index is 12.1. The first-order valence-corrected chi connectivity index (χ1v) is 8.16. The van der Waals surface area contributed by atoms with Crippen molar-refractivity contribution in [3.63, 3.8) is 0 Å². The zero-order valence-electron chi connectivity index (χ0n) is 13.8. The Kier molecular flexibility index (Phi) is 6.38. The number of methoxy groups -OCH3 is 1. The van der Waals surface area contributed by atoms with Gasteiger partial charge in [0, 0.05) is 24.1 Å². The Morgan fingerprint density at radius 1 is 1.08 bits per heavy atom. The molecule has 0 saturated carbocycles. The zero-order valence-corrected chi connectivity index (χ0v) is 14.5. The lowest BCUT2D eigenvalue weighted by Gasteiger charge is -2.08. The summed E-state index contributed by atoms with van der Waals surface area (Å²) >= 11 is 6.01. The summed E-state index contributed by atoms with van der Waals surface area (Å²) in [6, 6.07) is 12.5. The number of Topliss-reactive ketones (excluding diaryl/α,β-unsaturated/α-hetero) is 1. The smallest absolute Gasteiger partial charge is 0.224 e. The Hall–Kier alpha value is -2.33. The Labute approximate surface area is 146 Å². The number of rotatable bonds is 7. The molecule has 0 heterocycles. The van der Waals surface area contributed by atoms with Crippen molar-refractivity contribution in [3.05, 3.63) is 58.6 Å². The maximum Gasteiger partial charge on any atom is 0.224 e. The third-order valence-electron chi connectivity index (χ3n) is 3.70. The van der Waals surface area contributed by atoms with Crippen LogP contribution in [0, 0.1) is 0 Å². The summed E-state index contributed by atoms with van der Waals surface area (Å²) in [6.45, 7) is 2.06. The number of amides is 1. The Bertz CT molecular complexity index is 726. The maximum absolute atomic E-state index is 12.1. The number of benzene rings is 2. The average molecular weight is 346 g/mol. The van der Waals surface area contributed by atoms with Crippen LogP contribution in [0.4, 0.5) is 5.69 Å². The molecule has 0 bridgehead atoms. The van der Waals surface area contributed by atoms with Crippen LogP contribution in [0.3, 0.4) is 0 Å². The predicted octanol–water partition coefficient (Wildman–Crippen LogP) is 4.51. The standard InChI is InChI=1S/C19H20ClNO3/c1-3-13-4-6-14(7-5-13)17(22)9-11-19(23)21-15-8-10-18(24-2)16(20)12-15/h4-8,10,12H,3,9,11H2,1-2H3,(H,21,23). The van der Waals surface area contributed by atoms with E-state index in [0.717, 1.165) is 6.42 Å². The quantitative estimate of drug-likeness (QED) is 0.751. The van der Waals surface area contributed by atoms with Crippen LogP contribution in [0.1, 0.15) is 35.7 Å². The second kappa shape index (κ2) is 8.50. The van der Waals surface area contributed by atoms with Crippen LogP contribution in [0.25, 0.3) is 0 Å². The molecule has 126 valence electrons. The minimum Gasteiger partial charge on any atom is -0.495 e. The van der Waals surface area contributed by atoms with E-state index in [9.17, 15) is 9.59 Å². The lowest BCUT2D eigenvalue weighted by Crippen LogP contribution is -2.13. The highest BCUT2D eigenvalue weighted by Gasteiger charge is 2.10. The van der Waals surface area contributed by atoms with Gasteiger partial charge in [-0.3, -0.25) is 9.59 Å². The molecule has 0 aliphatic heterocycles. The first-order valence-electron chi connectivity index (χ1n) is 7.79. The molecule has 24 heavy (non-hydrogen) atoms. The Balaban J connectivity index is 1.88. The summed E-state index contributed by atoms with van der Waals surface area (Å²) in [5.41, 5.74) is 2.39. The van der Waals surface area contributed by atoms with E-state index in [0.29, 0.717) is 22.0 Å². The van der Waals surface area contributed by atoms with Gasteiger partial charge in [-0.2, -0.15) is 0 Å². The fourth-order valence-corrected chi connectivity index (χ4v) is 2.52. The SMILES string of the molecule is CCc1ccc(C(=O)CCC(=O)Nc2ccc(OC)c(Cl)c2)cc1. The van der Waals surface area contributed by atoms with E-state index in [1.165, 1.54) is 12.7 Å². The molecule has 0 aliphatic rings. The van der Waals surface area contributed by atoms with Gasteiger partial charge in [-0.15, -0.1) is 0 Å². The number of carbonyl (C=O) groups excluding carboxylic acids is 2. The number of carbonyl (C=O) groups is 2. The summed E-state index contributed by atoms with van der Waals surface area (Å²) < 4.78 is 5.06. The first kappa shape index (κ1) is 18.0. The van der Waals surface area contributed by atoms with Gasteiger partial charge in [0.05, 0.1) is 12.1 Å². The summed E-state index contributed by atoms with van der Waals surface area (Å²) in [5, 5.41) is 3.15. The van der Waals surface area contributed by atoms with Crippen molar-refractivity contribution in [3.8, 4) is 5.75 Å². The molecule has 1 N–H and O–H groups in total. The highest BCUT2D eigenvalue weighted by atomic mass is 35.5. The van der Waals surface area contributed by atoms with E-state index in [1.54, 1.807) is 18.2 Å². The molecule has 0 fully saturated rings. The Morgan fingerprint density at radius 3 is 2.38 bits per heavy atom. The van der Waals surface area contributed by atoms with Crippen molar-refractivity contribution in [1.29, 1.82) is 0 Å². The van der Waals surface area contributed by atoms with Crippen molar-refractivity contribution in [2.75, 3.05) is 12.4 Å². The molecule has 2 rings (SSSR count). The average Bonchev–Trinajstić information content (AvgIpc) is 2.60. The summed E-state index contributed by atoms with van der Waals surface area (Å²) in [5.74, 6) is 0.274. The van der Waals surface area contributed by atoms with Crippen molar-refractivity contribution in [2.45, 2.75) is 26.2 Å². The molecule has 0 aromatic heterocycles. The van der Waals surface area contributed by atoms with Gasteiger partial charge in [-0.1, -0.05) is 42.8 Å². The molecule has 0 saturated heterocycles. The second-order valence-electron chi connectivity index (χ2n) is 5.37. The van der Waals surface area contributed by atoms with Crippen molar-refractivity contribution < 1.29 is 14.3 Å². The lowest BCUT2D eigenvalue weighted by molar-refractivity contribution is -0.116. The van der Waals surface area contributed by atoms with Crippen LogP contribution < -0.4 is 10.1 Å². The van der Waals surface area contributed by atoms with Gasteiger partial charge in [0.2, 0.25) is 5.91 Å². The van der Waals surface area contributed by atoms with Gasteiger partial charge >= 0.3 is 0 Å². The fraction of sp³-hybridized carbons (Fsp3) is 0.263. The number of aryl methyl sites for hydroxylation is 1. The van der Waals surface area contributed by atoms with Gasteiger partial charge in [-0.25, -0.2) is 0 Å². The first-order chi connectivity index (χ1) is 11.5. The molecule has 2 aromatic rings. The van der Waals surface area contributed by atoms with Crippen LogP contribution in [0.5, 0.6) is 5.75 Å². The highest BCUT2D eigenvalue weighted by molar-refractivity contribution is 6.32. The molecule has 0 unspecified atom stereocenters. The number of hydrogen-bond donors (Lipinski definition) is 1. The molecule has 0 atom stereocenters. The molecule has 0 radical (unpaired) electrons. The number of ketones is 1. The molecule has 0 spiro atoms. The van der Waals surface area contributed by atoms with Gasteiger partial charge in [0.1, 0.15) is 5.75 Å². The van der Waals surface area contributed by atoms with E-state index < -0.39 is 0 Å². The van der Waals surface area contributed by atoms with E-state index in [-0.39, 0.29) is 24.5 Å².